The van der Waals surface area contributed by atoms with Gasteiger partial charge in [-0.05, 0) is 19.3 Å². The molecule has 0 bridgehead atoms. The van der Waals surface area contributed by atoms with Crippen molar-refractivity contribution in [1.29, 1.82) is 0 Å². The molecule has 1 aliphatic heterocycles. The third-order valence-corrected chi connectivity index (χ3v) is 2.96. The van der Waals surface area contributed by atoms with Crippen molar-refractivity contribution in [2.75, 3.05) is 18.1 Å². The number of aliphatic hydroxyl groups excluding tert-OH is 1. The number of aliphatic hydroxyl groups is 1. The van der Waals surface area contributed by atoms with Crippen LogP contribution in [0.15, 0.2) is 12.4 Å². The van der Waals surface area contributed by atoms with Crippen molar-refractivity contribution in [3.8, 4) is 0 Å². The zero-order valence-electron chi connectivity index (χ0n) is 8.43. The van der Waals surface area contributed by atoms with Crippen LogP contribution in [0.2, 0.25) is 5.15 Å². The van der Waals surface area contributed by atoms with Crippen molar-refractivity contribution >= 4 is 17.4 Å². The molecule has 1 N–H and O–H groups in total. The number of hydrogen-bond donors (Lipinski definition) is 1. The second kappa shape index (κ2) is 4.77. The van der Waals surface area contributed by atoms with E-state index < -0.39 is 0 Å². The van der Waals surface area contributed by atoms with Crippen molar-refractivity contribution in [1.82, 2.24) is 9.97 Å². The predicted octanol–water partition coefficient (Wildman–Crippen LogP) is 1.48. The van der Waals surface area contributed by atoms with Crippen molar-refractivity contribution < 1.29 is 5.11 Å². The molecule has 2 rings (SSSR count). The lowest BCUT2D eigenvalue weighted by Crippen LogP contribution is -2.42. The lowest BCUT2D eigenvalue weighted by molar-refractivity contribution is 0.239. The number of nitrogens with zero attached hydrogens (tertiary/aromatic N) is 3. The molecule has 0 aromatic carbocycles. The molecule has 82 valence electrons. The smallest absolute Gasteiger partial charge is 0.134 e. The van der Waals surface area contributed by atoms with Crippen LogP contribution >= 0.6 is 11.6 Å². The summed E-state index contributed by atoms with van der Waals surface area (Å²) in [6.45, 7) is 1.10. The summed E-state index contributed by atoms with van der Waals surface area (Å²) in [5.74, 6) is 0.814. The monoisotopic (exact) mass is 227 g/mol. The van der Waals surface area contributed by atoms with Gasteiger partial charge in [0.05, 0.1) is 12.6 Å². The van der Waals surface area contributed by atoms with E-state index >= 15 is 0 Å². The van der Waals surface area contributed by atoms with Gasteiger partial charge in [0.1, 0.15) is 17.3 Å². The molecule has 0 spiro atoms. The molecule has 0 radical (unpaired) electrons. The topological polar surface area (TPSA) is 49.2 Å². The zero-order chi connectivity index (χ0) is 10.7. The summed E-state index contributed by atoms with van der Waals surface area (Å²) in [6, 6.07) is 1.92. The van der Waals surface area contributed by atoms with Gasteiger partial charge in [0, 0.05) is 12.6 Å². The Labute approximate surface area is 93.9 Å². The first-order valence-electron chi connectivity index (χ1n) is 5.16. The van der Waals surface area contributed by atoms with Gasteiger partial charge in [0.2, 0.25) is 0 Å². The second-order valence-electron chi connectivity index (χ2n) is 3.72. The fraction of sp³-hybridized carbons (Fsp3) is 0.600. The fourth-order valence-electron chi connectivity index (χ4n) is 1.97. The minimum atomic E-state index is 0.168. The summed E-state index contributed by atoms with van der Waals surface area (Å²) in [4.78, 5) is 10.1. The minimum absolute atomic E-state index is 0.168. The molecule has 5 heteroatoms. The van der Waals surface area contributed by atoms with E-state index in [1.54, 1.807) is 6.07 Å². The van der Waals surface area contributed by atoms with Gasteiger partial charge in [0.25, 0.3) is 0 Å². The average Bonchev–Trinajstić information content (AvgIpc) is 2.29. The van der Waals surface area contributed by atoms with Gasteiger partial charge >= 0.3 is 0 Å². The molecular weight excluding hydrogens is 214 g/mol. The highest BCUT2D eigenvalue weighted by Gasteiger charge is 2.22. The van der Waals surface area contributed by atoms with Crippen LogP contribution in [0, 0.1) is 0 Å². The summed E-state index contributed by atoms with van der Waals surface area (Å²) in [5.41, 5.74) is 0. The highest BCUT2D eigenvalue weighted by molar-refractivity contribution is 6.29. The first kappa shape index (κ1) is 10.6. The van der Waals surface area contributed by atoms with Crippen LogP contribution < -0.4 is 4.90 Å². The Hall–Kier alpha value is -0.870. The van der Waals surface area contributed by atoms with E-state index in [0.717, 1.165) is 25.2 Å². The molecule has 4 nitrogen and oxygen atoms in total. The number of aromatic nitrogens is 2. The van der Waals surface area contributed by atoms with E-state index in [1.165, 1.54) is 12.7 Å². The Morgan fingerprint density at radius 3 is 3.07 bits per heavy atom. The van der Waals surface area contributed by atoms with E-state index in [4.69, 9.17) is 11.6 Å². The molecule has 0 unspecified atom stereocenters. The van der Waals surface area contributed by atoms with Gasteiger partial charge in [-0.25, -0.2) is 9.97 Å². The maximum absolute atomic E-state index is 9.27. The van der Waals surface area contributed by atoms with Gasteiger partial charge in [0.15, 0.2) is 0 Å². The summed E-state index contributed by atoms with van der Waals surface area (Å²) in [6.07, 6.45) is 4.78. The Bertz CT molecular complexity index is 334. The van der Waals surface area contributed by atoms with E-state index in [1.807, 2.05) is 0 Å². The lowest BCUT2D eigenvalue weighted by atomic mass is 10.0. The van der Waals surface area contributed by atoms with E-state index in [2.05, 4.69) is 14.9 Å². The molecule has 1 aromatic heterocycles. The lowest BCUT2D eigenvalue weighted by Gasteiger charge is -2.35. The molecule has 1 saturated heterocycles. The first-order chi connectivity index (χ1) is 7.31. The third kappa shape index (κ3) is 2.38. The van der Waals surface area contributed by atoms with Crippen LogP contribution in [-0.2, 0) is 0 Å². The fourth-order valence-corrected chi connectivity index (χ4v) is 2.11. The number of anilines is 1. The molecule has 0 saturated carbocycles. The van der Waals surface area contributed by atoms with Crippen LogP contribution in [0.4, 0.5) is 5.82 Å². The highest BCUT2D eigenvalue weighted by Crippen LogP contribution is 2.23. The SMILES string of the molecule is OC[C@H]1CCCCN1c1cc(Cl)ncn1. The summed E-state index contributed by atoms with van der Waals surface area (Å²) >= 11 is 5.81. The minimum Gasteiger partial charge on any atom is -0.394 e. The number of piperidine rings is 1. The summed E-state index contributed by atoms with van der Waals surface area (Å²) in [7, 11) is 0. The molecule has 1 fully saturated rings. The van der Waals surface area contributed by atoms with Gasteiger partial charge in [-0.2, -0.15) is 0 Å². The number of hydrogen-bond acceptors (Lipinski definition) is 4. The second-order valence-corrected chi connectivity index (χ2v) is 4.11. The van der Waals surface area contributed by atoms with Gasteiger partial charge < -0.3 is 10.0 Å². The Kier molecular flexibility index (Phi) is 3.38. The van der Waals surface area contributed by atoms with Gasteiger partial charge in [-0.1, -0.05) is 11.6 Å². The largest absolute Gasteiger partial charge is 0.394 e. The Morgan fingerprint density at radius 1 is 1.47 bits per heavy atom. The molecule has 1 atom stereocenters. The van der Waals surface area contributed by atoms with E-state index in [9.17, 15) is 5.11 Å². The molecule has 0 amide bonds. The average molecular weight is 228 g/mol. The Balaban J connectivity index is 2.20. The predicted molar refractivity (Wildman–Crippen MR) is 59.1 cm³/mol. The van der Waals surface area contributed by atoms with Gasteiger partial charge in [-0.15, -0.1) is 0 Å². The normalized spacial score (nSPS) is 21.7. The highest BCUT2D eigenvalue weighted by atomic mass is 35.5. The van der Waals surface area contributed by atoms with Crippen molar-refractivity contribution in [2.24, 2.45) is 0 Å². The van der Waals surface area contributed by atoms with E-state index in [0.29, 0.717) is 5.15 Å². The third-order valence-electron chi connectivity index (χ3n) is 2.75. The van der Waals surface area contributed by atoms with Crippen LogP contribution in [-0.4, -0.2) is 34.3 Å². The summed E-state index contributed by atoms with van der Waals surface area (Å²) in [5, 5.41) is 9.72. The standard InChI is InChI=1S/C10H14ClN3O/c11-9-5-10(13-7-12-9)14-4-2-1-3-8(14)6-15/h5,7-8,15H,1-4,6H2/t8-/m1/s1. The van der Waals surface area contributed by atoms with Crippen LogP contribution in [0.25, 0.3) is 0 Å². The van der Waals surface area contributed by atoms with Gasteiger partial charge in [-0.3, -0.25) is 0 Å². The molecule has 2 heterocycles. The van der Waals surface area contributed by atoms with Crippen molar-refractivity contribution in [2.45, 2.75) is 25.3 Å². The molecule has 1 aromatic rings. The van der Waals surface area contributed by atoms with Crippen molar-refractivity contribution in [3.05, 3.63) is 17.5 Å². The van der Waals surface area contributed by atoms with Crippen LogP contribution in [0.1, 0.15) is 19.3 Å². The summed E-state index contributed by atoms with van der Waals surface area (Å²) < 4.78 is 0. The molecular formula is C10H14ClN3O. The molecule has 15 heavy (non-hydrogen) atoms. The molecule has 0 aliphatic carbocycles. The van der Waals surface area contributed by atoms with Crippen LogP contribution in [0.3, 0.4) is 0 Å². The number of halogens is 1. The molecule has 1 aliphatic rings. The maximum Gasteiger partial charge on any atom is 0.134 e. The first-order valence-corrected chi connectivity index (χ1v) is 5.54. The quantitative estimate of drug-likeness (QED) is 0.778. The van der Waals surface area contributed by atoms with Crippen molar-refractivity contribution in [3.63, 3.8) is 0 Å². The van der Waals surface area contributed by atoms with E-state index in [-0.39, 0.29) is 12.6 Å². The maximum atomic E-state index is 9.27. The number of rotatable bonds is 2. The zero-order valence-corrected chi connectivity index (χ0v) is 9.19. The Morgan fingerprint density at radius 2 is 2.33 bits per heavy atom. The van der Waals surface area contributed by atoms with Crippen LogP contribution in [0.5, 0.6) is 0 Å².